The number of rotatable bonds is 6. The highest BCUT2D eigenvalue weighted by molar-refractivity contribution is 6.42. The average Bonchev–Trinajstić information content (AvgIpc) is 3.10. The van der Waals surface area contributed by atoms with Gasteiger partial charge in [-0.3, -0.25) is 14.6 Å². The number of ketones is 1. The molecule has 1 N–H and O–H groups in total. The predicted molar refractivity (Wildman–Crippen MR) is 90.3 cm³/mol. The van der Waals surface area contributed by atoms with Crippen molar-refractivity contribution in [1.29, 1.82) is 0 Å². The van der Waals surface area contributed by atoms with E-state index < -0.39 is 11.7 Å². The molecule has 0 atom stereocenters. The number of Topliss-reactive ketones (excluding diaryl/α,β-unsaturated/α-hetero) is 1. The summed E-state index contributed by atoms with van der Waals surface area (Å²) in [5.74, 6) is -1.63. The number of pyridine rings is 1. The van der Waals surface area contributed by atoms with Gasteiger partial charge in [0.2, 0.25) is 0 Å². The van der Waals surface area contributed by atoms with Gasteiger partial charge in [-0.15, -0.1) is 0 Å². The van der Waals surface area contributed by atoms with Gasteiger partial charge in [0.05, 0.1) is 17.9 Å². The Morgan fingerprint density at radius 2 is 1.84 bits per heavy atom. The molecule has 0 radical (unpaired) electrons. The van der Waals surface area contributed by atoms with Crippen molar-refractivity contribution in [3.05, 3.63) is 89.8 Å². The molecule has 25 heavy (non-hydrogen) atoms. The Hall–Kier alpha value is -3.28. The molecule has 3 aromatic rings. The van der Waals surface area contributed by atoms with E-state index in [4.69, 9.17) is 0 Å². The smallest absolute Gasteiger partial charge is 0.294 e. The van der Waals surface area contributed by atoms with Crippen LogP contribution in [0.1, 0.15) is 21.7 Å². The molecule has 0 spiro atoms. The van der Waals surface area contributed by atoms with Crippen LogP contribution < -0.4 is 5.32 Å². The summed E-state index contributed by atoms with van der Waals surface area (Å²) in [7, 11) is 0. The number of carbonyl (C=O) groups excluding carboxylic acids is 2. The van der Waals surface area contributed by atoms with Crippen molar-refractivity contribution in [2.75, 3.05) is 0 Å². The molecule has 1 amide bonds. The van der Waals surface area contributed by atoms with Crippen LogP contribution in [0.2, 0.25) is 0 Å². The van der Waals surface area contributed by atoms with Gasteiger partial charge in [-0.1, -0.05) is 18.2 Å². The van der Waals surface area contributed by atoms with Gasteiger partial charge < -0.3 is 9.88 Å². The molecule has 0 saturated carbocycles. The number of hydrogen-bond acceptors (Lipinski definition) is 3. The van der Waals surface area contributed by atoms with Gasteiger partial charge >= 0.3 is 0 Å². The zero-order valence-electron chi connectivity index (χ0n) is 13.4. The Labute approximate surface area is 144 Å². The quantitative estimate of drug-likeness (QED) is 0.555. The molecule has 1 aromatic carbocycles. The summed E-state index contributed by atoms with van der Waals surface area (Å²) in [5.41, 5.74) is 1.79. The molecule has 3 rings (SSSR count). The maximum atomic E-state index is 13.0. The lowest BCUT2D eigenvalue weighted by Crippen LogP contribution is -2.32. The van der Waals surface area contributed by atoms with E-state index in [-0.39, 0.29) is 18.1 Å². The fraction of sp³-hybridized carbons (Fsp3) is 0.105. The number of halogens is 1. The van der Waals surface area contributed by atoms with Gasteiger partial charge in [0.15, 0.2) is 0 Å². The second-order valence-electron chi connectivity index (χ2n) is 5.48. The Morgan fingerprint density at radius 3 is 2.56 bits per heavy atom. The summed E-state index contributed by atoms with van der Waals surface area (Å²) in [4.78, 5) is 28.6. The molecule has 5 nitrogen and oxygen atoms in total. The van der Waals surface area contributed by atoms with Crippen molar-refractivity contribution in [2.24, 2.45) is 0 Å². The second kappa shape index (κ2) is 7.53. The predicted octanol–water partition coefficient (Wildman–Crippen LogP) is 2.57. The van der Waals surface area contributed by atoms with Gasteiger partial charge in [-0.05, 0) is 42.0 Å². The molecule has 0 bridgehead atoms. The van der Waals surface area contributed by atoms with Gasteiger partial charge in [0.1, 0.15) is 5.82 Å². The SMILES string of the molecule is O=C(NCc1ccccn1)C(=O)c1cccn1Cc1ccc(F)cc1. The number of nitrogens with one attached hydrogen (secondary N) is 1. The first-order chi connectivity index (χ1) is 12.1. The van der Waals surface area contributed by atoms with Gasteiger partial charge in [0, 0.05) is 18.9 Å². The van der Waals surface area contributed by atoms with Gasteiger partial charge in [-0.2, -0.15) is 0 Å². The third-order valence-corrected chi connectivity index (χ3v) is 3.69. The first kappa shape index (κ1) is 16.6. The highest BCUT2D eigenvalue weighted by atomic mass is 19.1. The second-order valence-corrected chi connectivity index (χ2v) is 5.48. The molecule has 6 heteroatoms. The molecule has 0 aliphatic rings. The number of carbonyl (C=O) groups is 2. The highest BCUT2D eigenvalue weighted by Gasteiger charge is 2.19. The third-order valence-electron chi connectivity index (χ3n) is 3.69. The summed E-state index contributed by atoms with van der Waals surface area (Å²) >= 11 is 0. The molecule has 0 saturated heterocycles. The van der Waals surface area contributed by atoms with Crippen molar-refractivity contribution >= 4 is 11.7 Å². The van der Waals surface area contributed by atoms with Crippen LogP contribution >= 0.6 is 0 Å². The van der Waals surface area contributed by atoms with E-state index in [1.165, 1.54) is 12.1 Å². The average molecular weight is 337 g/mol. The van der Waals surface area contributed by atoms with Crippen LogP contribution in [-0.4, -0.2) is 21.2 Å². The first-order valence-corrected chi connectivity index (χ1v) is 7.75. The molecule has 0 fully saturated rings. The Kier molecular flexibility index (Phi) is 4.99. The van der Waals surface area contributed by atoms with E-state index in [0.717, 1.165) is 5.56 Å². The minimum atomic E-state index is -0.690. The molecule has 0 unspecified atom stereocenters. The Morgan fingerprint density at radius 1 is 1.04 bits per heavy atom. The van der Waals surface area contributed by atoms with Gasteiger partial charge in [0.25, 0.3) is 11.7 Å². The summed E-state index contributed by atoms with van der Waals surface area (Å²) in [6.07, 6.45) is 3.33. The van der Waals surface area contributed by atoms with Crippen LogP contribution in [0.5, 0.6) is 0 Å². The Balaban J connectivity index is 1.67. The van der Waals surface area contributed by atoms with Crippen molar-refractivity contribution in [3.63, 3.8) is 0 Å². The fourth-order valence-electron chi connectivity index (χ4n) is 2.41. The lowest BCUT2D eigenvalue weighted by Gasteiger charge is -2.09. The summed E-state index contributed by atoms with van der Waals surface area (Å²) in [5, 5.41) is 2.57. The lowest BCUT2D eigenvalue weighted by atomic mass is 10.2. The van der Waals surface area contributed by atoms with Crippen LogP contribution in [0.3, 0.4) is 0 Å². The molecule has 0 aliphatic carbocycles. The standard InChI is InChI=1S/C19H16FN3O2/c20-15-8-6-14(7-9-15)13-23-11-3-5-17(23)18(24)19(25)22-12-16-4-1-2-10-21-16/h1-11H,12-13H2,(H,22,25). The van der Waals surface area contributed by atoms with Crippen LogP contribution in [0.25, 0.3) is 0 Å². The zero-order valence-corrected chi connectivity index (χ0v) is 13.4. The number of benzene rings is 1. The normalized spacial score (nSPS) is 10.4. The number of hydrogen-bond donors (Lipinski definition) is 1. The van der Waals surface area contributed by atoms with Crippen molar-refractivity contribution in [3.8, 4) is 0 Å². The third kappa shape index (κ3) is 4.17. The maximum Gasteiger partial charge on any atom is 0.294 e. The lowest BCUT2D eigenvalue weighted by molar-refractivity contribution is -0.117. The van der Waals surface area contributed by atoms with Crippen molar-refractivity contribution < 1.29 is 14.0 Å². The van der Waals surface area contributed by atoms with Crippen LogP contribution in [0.15, 0.2) is 67.0 Å². The summed E-state index contributed by atoms with van der Waals surface area (Å²) in [6.45, 7) is 0.561. The van der Waals surface area contributed by atoms with E-state index in [2.05, 4.69) is 10.3 Å². The highest BCUT2D eigenvalue weighted by Crippen LogP contribution is 2.10. The van der Waals surface area contributed by atoms with Crippen molar-refractivity contribution in [2.45, 2.75) is 13.1 Å². The molecule has 2 heterocycles. The molecular formula is C19H16FN3O2. The van der Waals surface area contributed by atoms with Crippen molar-refractivity contribution in [1.82, 2.24) is 14.9 Å². The summed E-state index contributed by atoms with van der Waals surface area (Å²) in [6, 6.07) is 14.6. The van der Waals surface area contributed by atoms with Crippen LogP contribution in [0.4, 0.5) is 4.39 Å². The van der Waals surface area contributed by atoms with Crippen LogP contribution in [0, 0.1) is 5.82 Å². The number of nitrogens with zero attached hydrogens (tertiary/aromatic N) is 2. The number of amides is 1. The molecule has 126 valence electrons. The minimum absolute atomic E-state index is 0.185. The van der Waals surface area contributed by atoms with Crippen LogP contribution in [-0.2, 0) is 17.9 Å². The van der Waals surface area contributed by atoms with E-state index in [0.29, 0.717) is 12.2 Å². The largest absolute Gasteiger partial charge is 0.343 e. The fourth-order valence-corrected chi connectivity index (χ4v) is 2.41. The molecule has 0 aliphatic heterocycles. The maximum absolute atomic E-state index is 13.0. The van der Waals surface area contributed by atoms with E-state index in [1.807, 2.05) is 6.07 Å². The van der Waals surface area contributed by atoms with Gasteiger partial charge in [-0.25, -0.2) is 4.39 Å². The first-order valence-electron chi connectivity index (χ1n) is 7.75. The van der Waals surface area contributed by atoms with E-state index in [9.17, 15) is 14.0 Å². The van der Waals surface area contributed by atoms with E-state index >= 15 is 0 Å². The molecule has 2 aromatic heterocycles. The van der Waals surface area contributed by atoms with E-state index in [1.54, 1.807) is 53.4 Å². The Bertz CT molecular complexity index is 873. The topological polar surface area (TPSA) is 64.0 Å². The summed E-state index contributed by atoms with van der Waals surface area (Å²) < 4.78 is 14.6. The zero-order chi connectivity index (χ0) is 17.6. The monoisotopic (exact) mass is 337 g/mol. The minimum Gasteiger partial charge on any atom is -0.343 e. The molecular weight excluding hydrogens is 321 g/mol. The number of aromatic nitrogens is 2.